The molecule has 0 spiro atoms. The Morgan fingerprint density at radius 1 is 1.31 bits per heavy atom. The van der Waals surface area contributed by atoms with Gasteiger partial charge in [0.25, 0.3) is 0 Å². The fourth-order valence-electron chi connectivity index (χ4n) is 3.05. The van der Waals surface area contributed by atoms with Crippen molar-refractivity contribution in [3.8, 4) is 5.75 Å². The predicted octanol–water partition coefficient (Wildman–Crippen LogP) is 3.89. The molecule has 1 aliphatic heterocycles. The maximum atomic E-state index is 14.0. The molecular formula is C19H17BrFN5O2S. The molecule has 10 heteroatoms. The molecule has 0 aliphatic carbocycles. The molecule has 1 aromatic heterocycles. The summed E-state index contributed by atoms with van der Waals surface area (Å²) >= 11 is 4.77. The van der Waals surface area contributed by atoms with Crippen molar-refractivity contribution < 1.29 is 13.9 Å². The van der Waals surface area contributed by atoms with Gasteiger partial charge in [-0.1, -0.05) is 30.0 Å². The van der Waals surface area contributed by atoms with Crippen LogP contribution in [0.4, 0.5) is 10.1 Å². The van der Waals surface area contributed by atoms with Gasteiger partial charge in [0.05, 0.1) is 23.3 Å². The smallest absolute Gasteiger partial charge is 0.240 e. The van der Waals surface area contributed by atoms with E-state index in [0.29, 0.717) is 16.7 Å². The molecule has 0 bridgehead atoms. The van der Waals surface area contributed by atoms with E-state index in [1.807, 2.05) is 25.1 Å². The van der Waals surface area contributed by atoms with E-state index in [0.717, 1.165) is 10.0 Å². The summed E-state index contributed by atoms with van der Waals surface area (Å²) in [5, 5.41) is 10.8. The first-order chi connectivity index (χ1) is 14.0. The van der Waals surface area contributed by atoms with Crippen molar-refractivity contribution in [3.05, 3.63) is 64.1 Å². The number of carbonyl (C=O) groups excluding carboxylic acids is 1. The SMILES string of the molecule is COc1ccc(C2Nn3c(C)nnc3SC2C(=O)Nc2ccccc2F)cc1Br. The van der Waals surface area contributed by atoms with E-state index in [-0.39, 0.29) is 11.6 Å². The molecule has 150 valence electrons. The number of nitrogens with one attached hydrogen (secondary N) is 2. The number of rotatable bonds is 4. The Kier molecular flexibility index (Phi) is 5.46. The predicted molar refractivity (Wildman–Crippen MR) is 112 cm³/mol. The van der Waals surface area contributed by atoms with Gasteiger partial charge in [-0.3, -0.25) is 4.79 Å². The lowest BCUT2D eigenvalue weighted by molar-refractivity contribution is -0.116. The molecule has 0 saturated heterocycles. The van der Waals surface area contributed by atoms with Crippen molar-refractivity contribution in [1.82, 2.24) is 14.9 Å². The molecule has 2 aromatic carbocycles. The number of amides is 1. The van der Waals surface area contributed by atoms with Crippen molar-refractivity contribution in [2.45, 2.75) is 23.4 Å². The quantitative estimate of drug-likeness (QED) is 0.593. The van der Waals surface area contributed by atoms with Gasteiger partial charge in [0.2, 0.25) is 11.1 Å². The van der Waals surface area contributed by atoms with Crippen LogP contribution in [-0.4, -0.2) is 33.1 Å². The van der Waals surface area contributed by atoms with Gasteiger partial charge in [-0.25, -0.2) is 9.07 Å². The van der Waals surface area contributed by atoms with Crippen LogP contribution in [0.15, 0.2) is 52.1 Å². The van der Waals surface area contributed by atoms with Gasteiger partial charge in [0.1, 0.15) is 22.6 Å². The lowest BCUT2D eigenvalue weighted by Crippen LogP contribution is -2.41. The van der Waals surface area contributed by atoms with E-state index in [4.69, 9.17) is 4.74 Å². The third-order valence-corrected chi connectivity index (χ3v) is 6.36. The number of fused-ring (bicyclic) bond motifs is 1. The Hall–Kier alpha value is -2.59. The third-order valence-electron chi connectivity index (χ3n) is 4.52. The van der Waals surface area contributed by atoms with Gasteiger partial charge >= 0.3 is 0 Å². The number of ether oxygens (including phenoxy) is 1. The molecule has 1 amide bonds. The van der Waals surface area contributed by atoms with Crippen molar-refractivity contribution >= 4 is 39.3 Å². The fourth-order valence-corrected chi connectivity index (χ4v) is 4.74. The molecule has 3 aromatic rings. The van der Waals surface area contributed by atoms with Gasteiger partial charge in [0, 0.05) is 0 Å². The third kappa shape index (κ3) is 3.82. The number of benzene rings is 2. The molecule has 29 heavy (non-hydrogen) atoms. The zero-order chi connectivity index (χ0) is 20.5. The summed E-state index contributed by atoms with van der Waals surface area (Å²) in [6.45, 7) is 1.82. The minimum Gasteiger partial charge on any atom is -0.496 e. The number of methoxy groups -OCH3 is 1. The molecule has 2 heterocycles. The molecule has 4 rings (SSSR count). The fraction of sp³-hybridized carbons (Fsp3) is 0.211. The van der Waals surface area contributed by atoms with Crippen LogP contribution in [-0.2, 0) is 4.79 Å². The normalized spacial score (nSPS) is 17.9. The molecule has 7 nitrogen and oxygen atoms in total. The number of halogens is 2. The number of thioether (sulfide) groups is 1. The van der Waals surface area contributed by atoms with E-state index in [9.17, 15) is 9.18 Å². The van der Waals surface area contributed by atoms with E-state index in [2.05, 4.69) is 36.9 Å². The average Bonchev–Trinajstić information content (AvgIpc) is 3.08. The lowest BCUT2D eigenvalue weighted by atomic mass is 10.0. The Balaban J connectivity index is 1.70. The molecule has 1 aliphatic rings. The minimum absolute atomic E-state index is 0.135. The Labute approximate surface area is 179 Å². The zero-order valence-electron chi connectivity index (χ0n) is 15.5. The van der Waals surface area contributed by atoms with Crippen LogP contribution in [0, 0.1) is 12.7 Å². The summed E-state index contributed by atoms with van der Waals surface area (Å²) in [6.07, 6.45) is 0. The minimum atomic E-state index is -0.606. The average molecular weight is 478 g/mol. The Morgan fingerprint density at radius 3 is 2.83 bits per heavy atom. The number of aromatic nitrogens is 3. The topological polar surface area (TPSA) is 81.1 Å². The summed E-state index contributed by atoms with van der Waals surface area (Å²) in [4.78, 5) is 13.1. The van der Waals surface area contributed by atoms with Gasteiger partial charge < -0.3 is 15.5 Å². The van der Waals surface area contributed by atoms with E-state index in [1.54, 1.807) is 23.9 Å². The number of para-hydroxylation sites is 1. The van der Waals surface area contributed by atoms with Crippen LogP contribution >= 0.6 is 27.7 Å². The zero-order valence-corrected chi connectivity index (χ0v) is 17.9. The highest BCUT2D eigenvalue weighted by Crippen LogP contribution is 2.39. The number of aryl methyl sites for hydroxylation is 1. The van der Waals surface area contributed by atoms with Gasteiger partial charge in [0.15, 0.2) is 0 Å². The molecule has 0 radical (unpaired) electrons. The summed E-state index contributed by atoms with van der Waals surface area (Å²) in [6, 6.07) is 11.3. The second-order valence-electron chi connectivity index (χ2n) is 6.37. The first-order valence-electron chi connectivity index (χ1n) is 8.72. The first-order valence-corrected chi connectivity index (χ1v) is 10.4. The highest BCUT2D eigenvalue weighted by Gasteiger charge is 2.37. The molecule has 0 fully saturated rings. The summed E-state index contributed by atoms with van der Waals surface area (Å²) in [5.74, 6) is 0.539. The Bertz CT molecular complexity index is 1080. The Morgan fingerprint density at radius 2 is 2.10 bits per heavy atom. The monoisotopic (exact) mass is 477 g/mol. The second-order valence-corrected chi connectivity index (χ2v) is 8.34. The summed E-state index contributed by atoms with van der Waals surface area (Å²) < 4.78 is 21.8. The largest absolute Gasteiger partial charge is 0.496 e. The molecule has 0 saturated carbocycles. The van der Waals surface area contributed by atoms with Gasteiger partial charge in [-0.15, -0.1) is 10.2 Å². The lowest BCUT2D eigenvalue weighted by Gasteiger charge is -2.33. The number of hydrogen-bond acceptors (Lipinski definition) is 6. The van der Waals surface area contributed by atoms with Crippen molar-refractivity contribution in [2.75, 3.05) is 17.9 Å². The maximum Gasteiger partial charge on any atom is 0.240 e. The van der Waals surface area contributed by atoms with Crippen LogP contribution in [0.25, 0.3) is 0 Å². The van der Waals surface area contributed by atoms with Crippen molar-refractivity contribution in [2.24, 2.45) is 0 Å². The second kappa shape index (κ2) is 8.03. The van der Waals surface area contributed by atoms with E-state index < -0.39 is 17.1 Å². The number of anilines is 1. The summed E-state index contributed by atoms with van der Waals surface area (Å²) in [5.41, 5.74) is 4.31. The first kappa shape index (κ1) is 19.7. The van der Waals surface area contributed by atoms with Gasteiger partial charge in [-0.2, -0.15) is 0 Å². The van der Waals surface area contributed by atoms with Crippen LogP contribution < -0.4 is 15.5 Å². The maximum absolute atomic E-state index is 14.0. The number of hydrogen-bond donors (Lipinski definition) is 2. The number of carbonyl (C=O) groups is 1. The van der Waals surface area contributed by atoms with Crippen LogP contribution in [0.3, 0.4) is 0 Å². The molecule has 2 N–H and O–H groups in total. The molecule has 2 atom stereocenters. The summed E-state index contributed by atoms with van der Waals surface area (Å²) in [7, 11) is 1.59. The molecular weight excluding hydrogens is 461 g/mol. The standard InChI is InChI=1S/C19H17BrFN5O2S/c1-10-23-24-19-26(10)25-16(11-7-8-15(28-2)12(20)9-11)17(29-19)18(27)22-14-6-4-3-5-13(14)21/h3-9,16-17,25H,1-2H3,(H,22,27). The van der Waals surface area contributed by atoms with Crippen LogP contribution in [0.5, 0.6) is 5.75 Å². The van der Waals surface area contributed by atoms with Crippen LogP contribution in [0.1, 0.15) is 17.4 Å². The van der Waals surface area contributed by atoms with E-state index in [1.165, 1.54) is 23.9 Å². The highest BCUT2D eigenvalue weighted by molar-refractivity contribution is 9.10. The number of nitrogens with zero attached hydrogens (tertiary/aromatic N) is 3. The van der Waals surface area contributed by atoms with Crippen molar-refractivity contribution in [1.29, 1.82) is 0 Å². The van der Waals surface area contributed by atoms with Gasteiger partial charge in [-0.05, 0) is 52.7 Å². The van der Waals surface area contributed by atoms with Crippen molar-refractivity contribution in [3.63, 3.8) is 0 Å². The van der Waals surface area contributed by atoms with E-state index >= 15 is 0 Å². The highest BCUT2D eigenvalue weighted by atomic mass is 79.9. The van der Waals surface area contributed by atoms with Crippen LogP contribution in [0.2, 0.25) is 0 Å². The molecule has 2 unspecified atom stereocenters.